The molecule has 1 unspecified atom stereocenters. The number of H-pyrrole nitrogens is 1. The van der Waals surface area contributed by atoms with E-state index in [0.29, 0.717) is 40.8 Å². The lowest BCUT2D eigenvalue weighted by molar-refractivity contribution is 0.0953. The molecule has 5 rings (SSSR count). The Kier molecular flexibility index (Phi) is 6.30. The topological polar surface area (TPSA) is 88.5 Å². The standard InChI is InChI=1S/C27H26F2N4O3/c1-3-17-18(21(29)5-4-20(17)28)6-9-30-26(34)19-13-22-23(12-15(19)2)33-24(27(35)32-22)14-31-25(33)16-7-10-36-11-8-16/h4-5,7,10,12-14,16H,3,6,8-9,11H2,1-2H3,(H,30,34)(H,32,35). The Labute approximate surface area is 205 Å². The Morgan fingerprint density at radius 1 is 1.22 bits per heavy atom. The van der Waals surface area contributed by atoms with Crippen molar-refractivity contribution in [2.24, 2.45) is 0 Å². The van der Waals surface area contributed by atoms with E-state index in [1.54, 1.807) is 25.4 Å². The number of amides is 1. The number of aromatic nitrogens is 3. The Morgan fingerprint density at radius 3 is 2.72 bits per heavy atom. The Hall–Kier alpha value is -4.01. The zero-order valence-corrected chi connectivity index (χ0v) is 20.0. The summed E-state index contributed by atoms with van der Waals surface area (Å²) in [6.45, 7) is 4.29. The molecule has 3 heterocycles. The van der Waals surface area contributed by atoms with Crippen LogP contribution in [0.15, 0.2) is 47.6 Å². The van der Waals surface area contributed by atoms with E-state index in [9.17, 15) is 18.4 Å². The number of nitrogens with zero attached hydrogens (tertiary/aromatic N) is 2. The molecule has 0 fully saturated rings. The number of carbonyl (C=O) groups excluding carboxylic acids is 1. The highest BCUT2D eigenvalue weighted by Crippen LogP contribution is 2.27. The van der Waals surface area contributed by atoms with E-state index < -0.39 is 11.6 Å². The molecule has 9 heteroatoms. The molecule has 36 heavy (non-hydrogen) atoms. The minimum Gasteiger partial charge on any atom is -0.501 e. The summed E-state index contributed by atoms with van der Waals surface area (Å²) in [5.74, 6) is -0.548. The zero-order valence-electron chi connectivity index (χ0n) is 20.0. The second kappa shape index (κ2) is 9.56. The van der Waals surface area contributed by atoms with Crippen LogP contribution in [0.3, 0.4) is 0 Å². The number of aryl methyl sites for hydroxylation is 1. The second-order valence-corrected chi connectivity index (χ2v) is 8.92. The highest BCUT2D eigenvalue weighted by Gasteiger charge is 2.21. The van der Waals surface area contributed by atoms with Gasteiger partial charge in [-0.2, -0.15) is 0 Å². The molecule has 0 bridgehead atoms. The van der Waals surface area contributed by atoms with Crippen molar-refractivity contribution in [1.82, 2.24) is 19.7 Å². The zero-order chi connectivity index (χ0) is 25.4. The summed E-state index contributed by atoms with van der Waals surface area (Å²) in [4.78, 5) is 33.1. The lowest BCUT2D eigenvalue weighted by Crippen LogP contribution is -2.27. The van der Waals surface area contributed by atoms with Gasteiger partial charge in [0.15, 0.2) is 0 Å². The summed E-state index contributed by atoms with van der Waals surface area (Å²) < 4.78 is 35.5. The fourth-order valence-corrected chi connectivity index (χ4v) is 4.86. The van der Waals surface area contributed by atoms with Crippen molar-refractivity contribution < 1.29 is 18.3 Å². The van der Waals surface area contributed by atoms with Crippen molar-refractivity contribution in [2.75, 3.05) is 13.2 Å². The maximum Gasteiger partial charge on any atom is 0.274 e. The molecule has 0 aliphatic carbocycles. The quantitative estimate of drug-likeness (QED) is 0.420. The highest BCUT2D eigenvalue weighted by atomic mass is 19.1. The number of aromatic amines is 1. The van der Waals surface area contributed by atoms with Crippen molar-refractivity contribution in [1.29, 1.82) is 0 Å². The Balaban J connectivity index is 1.45. The molecule has 1 aliphatic rings. The van der Waals surface area contributed by atoms with Crippen molar-refractivity contribution in [3.63, 3.8) is 0 Å². The van der Waals surface area contributed by atoms with Gasteiger partial charge in [0, 0.05) is 18.0 Å². The van der Waals surface area contributed by atoms with Crippen LogP contribution in [0.4, 0.5) is 8.78 Å². The molecule has 2 aromatic heterocycles. The number of hydrogen-bond acceptors (Lipinski definition) is 4. The minimum atomic E-state index is -0.485. The molecule has 186 valence electrons. The van der Waals surface area contributed by atoms with Crippen molar-refractivity contribution in [3.05, 3.63) is 92.9 Å². The molecule has 0 radical (unpaired) electrons. The van der Waals surface area contributed by atoms with E-state index >= 15 is 0 Å². The first-order valence-corrected chi connectivity index (χ1v) is 11.9. The van der Waals surface area contributed by atoms with Crippen LogP contribution in [0.5, 0.6) is 0 Å². The monoisotopic (exact) mass is 492 g/mol. The molecular formula is C27H26F2N4O3. The summed E-state index contributed by atoms with van der Waals surface area (Å²) in [6.07, 6.45) is 6.40. The lowest BCUT2D eigenvalue weighted by Gasteiger charge is -2.17. The normalized spacial score (nSPS) is 15.4. The van der Waals surface area contributed by atoms with Gasteiger partial charge in [0.2, 0.25) is 0 Å². The van der Waals surface area contributed by atoms with Gasteiger partial charge in [-0.15, -0.1) is 0 Å². The minimum absolute atomic E-state index is 0.00534. The molecule has 1 aliphatic heterocycles. The van der Waals surface area contributed by atoms with Gasteiger partial charge < -0.3 is 15.0 Å². The van der Waals surface area contributed by atoms with Gasteiger partial charge in [-0.1, -0.05) is 6.92 Å². The maximum absolute atomic E-state index is 14.3. The molecule has 1 amide bonds. The van der Waals surface area contributed by atoms with Gasteiger partial charge in [0.05, 0.1) is 30.1 Å². The number of rotatable bonds is 6. The first-order valence-electron chi connectivity index (χ1n) is 11.9. The third kappa shape index (κ3) is 4.14. The van der Waals surface area contributed by atoms with Crippen LogP contribution in [-0.2, 0) is 17.6 Å². The number of benzene rings is 2. The van der Waals surface area contributed by atoms with Crippen LogP contribution in [0, 0.1) is 18.6 Å². The van der Waals surface area contributed by atoms with Crippen LogP contribution in [0.2, 0.25) is 0 Å². The van der Waals surface area contributed by atoms with Crippen molar-refractivity contribution in [2.45, 2.75) is 39.0 Å². The second-order valence-electron chi connectivity index (χ2n) is 8.92. The molecule has 0 saturated heterocycles. The summed E-state index contributed by atoms with van der Waals surface area (Å²) in [5.41, 5.74) is 3.06. The largest absolute Gasteiger partial charge is 0.501 e. The molecule has 7 nitrogen and oxygen atoms in total. The molecular weight excluding hydrogens is 466 g/mol. The Bertz CT molecular complexity index is 1570. The first-order chi connectivity index (χ1) is 17.4. The van der Waals surface area contributed by atoms with Gasteiger partial charge in [0.25, 0.3) is 11.5 Å². The number of imidazole rings is 1. The molecule has 1 atom stereocenters. The molecule has 0 spiro atoms. The average Bonchev–Trinajstić information content (AvgIpc) is 3.33. The van der Waals surface area contributed by atoms with E-state index in [1.165, 1.54) is 0 Å². The summed E-state index contributed by atoms with van der Waals surface area (Å²) >= 11 is 0. The highest BCUT2D eigenvalue weighted by molar-refractivity contribution is 5.99. The SMILES string of the molecule is CCc1c(F)ccc(F)c1CCNC(=O)c1cc2[nH]c(=O)c3cnc(C4C=COCC4)n3c2cc1C. The van der Waals surface area contributed by atoms with E-state index in [1.807, 2.05) is 23.5 Å². The van der Waals surface area contributed by atoms with Gasteiger partial charge in [-0.3, -0.25) is 14.0 Å². The fraction of sp³-hybridized carbons (Fsp3) is 0.296. The molecule has 0 saturated carbocycles. The van der Waals surface area contributed by atoms with Crippen LogP contribution < -0.4 is 10.9 Å². The van der Waals surface area contributed by atoms with Gasteiger partial charge in [-0.25, -0.2) is 13.8 Å². The van der Waals surface area contributed by atoms with Crippen LogP contribution in [0.1, 0.15) is 52.1 Å². The first kappa shape index (κ1) is 23.7. The summed E-state index contributed by atoms with van der Waals surface area (Å²) in [7, 11) is 0. The average molecular weight is 493 g/mol. The summed E-state index contributed by atoms with van der Waals surface area (Å²) in [6, 6.07) is 5.72. The van der Waals surface area contributed by atoms with Gasteiger partial charge in [0.1, 0.15) is 23.0 Å². The number of nitrogens with one attached hydrogen (secondary N) is 2. The predicted molar refractivity (Wildman–Crippen MR) is 132 cm³/mol. The number of carbonyl (C=O) groups is 1. The molecule has 2 aromatic carbocycles. The number of allylic oxidation sites excluding steroid dienone is 1. The smallest absolute Gasteiger partial charge is 0.274 e. The Morgan fingerprint density at radius 2 is 2.00 bits per heavy atom. The van der Waals surface area contributed by atoms with Crippen LogP contribution in [-0.4, -0.2) is 33.4 Å². The van der Waals surface area contributed by atoms with E-state index in [2.05, 4.69) is 15.3 Å². The van der Waals surface area contributed by atoms with E-state index in [0.717, 1.165) is 29.9 Å². The molecule has 2 N–H and O–H groups in total. The molecule has 4 aromatic rings. The van der Waals surface area contributed by atoms with Crippen LogP contribution in [0.25, 0.3) is 16.6 Å². The van der Waals surface area contributed by atoms with Gasteiger partial charge in [-0.05, 0) is 73.2 Å². The third-order valence-corrected chi connectivity index (χ3v) is 6.71. The van der Waals surface area contributed by atoms with Crippen molar-refractivity contribution in [3.8, 4) is 0 Å². The number of ether oxygens (including phenoxy) is 1. The van der Waals surface area contributed by atoms with E-state index in [4.69, 9.17) is 4.74 Å². The van der Waals surface area contributed by atoms with Crippen molar-refractivity contribution >= 4 is 22.5 Å². The van der Waals surface area contributed by atoms with Crippen LogP contribution >= 0.6 is 0 Å². The number of hydrogen-bond donors (Lipinski definition) is 2. The number of halogens is 2. The van der Waals surface area contributed by atoms with E-state index in [-0.39, 0.29) is 35.9 Å². The third-order valence-electron chi connectivity index (χ3n) is 6.71. The lowest BCUT2D eigenvalue weighted by atomic mass is 10.0. The predicted octanol–water partition coefficient (Wildman–Crippen LogP) is 4.31. The van der Waals surface area contributed by atoms with Gasteiger partial charge >= 0.3 is 0 Å². The number of fused-ring (bicyclic) bond motifs is 3. The maximum atomic E-state index is 14.3. The summed E-state index contributed by atoms with van der Waals surface area (Å²) in [5, 5.41) is 2.80. The fourth-order valence-electron chi connectivity index (χ4n) is 4.86.